The molecule has 0 saturated heterocycles. The summed E-state index contributed by atoms with van der Waals surface area (Å²) in [4.78, 5) is 19.0. The van der Waals surface area contributed by atoms with E-state index in [0.717, 1.165) is 22.2 Å². The van der Waals surface area contributed by atoms with Crippen molar-refractivity contribution >= 4 is 16.8 Å². The second kappa shape index (κ2) is 6.80. The molecular weight excluding hydrogens is 324 g/mol. The quantitative estimate of drug-likeness (QED) is 0.568. The Morgan fingerprint density at radius 1 is 1.04 bits per heavy atom. The van der Waals surface area contributed by atoms with Gasteiger partial charge in [-0.1, -0.05) is 36.4 Å². The third-order valence-electron chi connectivity index (χ3n) is 4.29. The Bertz CT molecular complexity index is 1050. The Labute approximate surface area is 151 Å². The van der Waals surface area contributed by atoms with Crippen LogP contribution in [0.5, 0.6) is 0 Å². The molecule has 2 aromatic carbocycles. The van der Waals surface area contributed by atoms with Gasteiger partial charge in [0.25, 0.3) is 5.91 Å². The van der Waals surface area contributed by atoms with Crippen LogP contribution in [0.1, 0.15) is 15.9 Å². The Kier molecular flexibility index (Phi) is 4.19. The molecular formula is C21H18N4O. The minimum atomic E-state index is -0.0539. The van der Waals surface area contributed by atoms with Crippen molar-refractivity contribution in [2.24, 2.45) is 0 Å². The lowest BCUT2D eigenvalue weighted by Crippen LogP contribution is -2.26. The molecule has 2 heterocycles. The second-order valence-electron chi connectivity index (χ2n) is 6.17. The molecule has 0 fully saturated rings. The number of carbonyl (C=O) groups excluding carboxylic acids is 1. The lowest BCUT2D eigenvalue weighted by atomic mass is 10.1. The summed E-state index contributed by atoms with van der Waals surface area (Å²) in [6, 6.07) is 19.4. The van der Waals surface area contributed by atoms with Gasteiger partial charge in [-0.25, -0.2) is 4.68 Å². The van der Waals surface area contributed by atoms with E-state index in [1.54, 1.807) is 24.3 Å². The molecule has 1 amide bonds. The van der Waals surface area contributed by atoms with E-state index in [1.807, 2.05) is 71.5 Å². The minimum absolute atomic E-state index is 0.0539. The molecule has 0 radical (unpaired) electrons. The van der Waals surface area contributed by atoms with Crippen LogP contribution in [0.15, 0.2) is 79.3 Å². The number of rotatable bonds is 4. The maximum atomic E-state index is 12.9. The number of fused-ring (bicyclic) bond motifs is 1. The van der Waals surface area contributed by atoms with Gasteiger partial charge in [0.2, 0.25) is 0 Å². The van der Waals surface area contributed by atoms with Crippen LogP contribution in [0, 0.1) is 0 Å². The van der Waals surface area contributed by atoms with Crippen molar-refractivity contribution in [3.63, 3.8) is 0 Å². The highest BCUT2D eigenvalue weighted by Gasteiger charge is 2.16. The molecule has 26 heavy (non-hydrogen) atoms. The number of aromatic nitrogens is 3. The van der Waals surface area contributed by atoms with Crippen LogP contribution < -0.4 is 0 Å². The van der Waals surface area contributed by atoms with Gasteiger partial charge in [0.05, 0.1) is 23.0 Å². The fourth-order valence-corrected chi connectivity index (χ4v) is 2.99. The normalized spacial score (nSPS) is 10.8. The number of carbonyl (C=O) groups is 1. The van der Waals surface area contributed by atoms with Crippen LogP contribution in [0.2, 0.25) is 0 Å². The lowest BCUT2D eigenvalue weighted by Gasteiger charge is -2.17. The van der Waals surface area contributed by atoms with Crippen LogP contribution in [-0.4, -0.2) is 32.6 Å². The summed E-state index contributed by atoms with van der Waals surface area (Å²) in [5, 5.41) is 5.35. The number of amides is 1. The molecule has 0 unspecified atom stereocenters. The van der Waals surface area contributed by atoms with E-state index in [0.29, 0.717) is 12.1 Å². The zero-order valence-corrected chi connectivity index (χ0v) is 14.4. The Morgan fingerprint density at radius 3 is 2.69 bits per heavy atom. The van der Waals surface area contributed by atoms with Crippen LogP contribution in [-0.2, 0) is 6.54 Å². The molecule has 2 aromatic heterocycles. The van der Waals surface area contributed by atoms with Crippen molar-refractivity contribution in [2.45, 2.75) is 6.54 Å². The van der Waals surface area contributed by atoms with E-state index in [9.17, 15) is 4.79 Å². The summed E-state index contributed by atoms with van der Waals surface area (Å²) in [7, 11) is 1.80. The number of para-hydroxylation sites is 2. The molecule has 0 bridgehead atoms. The van der Waals surface area contributed by atoms with Gasteiger partial charge in [0, 0.05) is 36.9 Å². The fourth-order valence-electron chi connectivity index (χ4n) is 2.99. The van der Waals surface area contributed by atoms with Crippen LogP contribution in [0.3, 0.4) is 0 Å². The third-order valence-corrected chi connectivity index (χ3v) is 4.29. The highest BCUT2D eigenvalue weighted by atomic mass is 16.2. The Balaban J connectivity index is 1.56. The monoisotopic (exact) mass is 342 g/mol. The molecule has 4 rings (SSSR count). The summed E-state index contributed by atoms with van der Waals surface area (Å²) >= 11 is 0. The maximum absolute atomic E-state index is 12.9. The molecule has 5 nitrogen and oxygen atoms in total. The maximum Gasteiger partial charge on any atom is 0.256 e. The highest BCUT2D eigenvalue weighted by Crippen LogP contribution is 2.18. The summed E-state index contributed by atoms with van der Waals surface area (Å²) in [5.74, 6) is -0.0539. The fraction of sp³-hybridized carbons (Fsp3) is 0.0952. The van der Waals surface area contributed by atoms with Gasteiger partial charge in [-0.05, 0) is 24.3 Å². The molecule has 0 saturated carbocycles. The first-order chi connectivity index (χ1) is 12.7. The van der Waals surface area contributed by atoms with Gasteiger partial charge >= 0.3 is 0 Å². The standard InChI is InChI=1S/C21H18N4O/c1-24(14-16-13-23-25(15-16)18-9-3-2-4-10-18)21(26)19-11-5-7-17-8-6-12-22-20(17)19/h2-13,15H,14H2,1H3. The van der Waals surface area contributed by atoms with Crippen molar-refractivity contribution in [2.75, 3.05) is 7.05 Å². The highest BCUT2D eigenvalue weighted by molar-refractivity contribution is 6.05. The molecule has 128 valence electrons. The molecule has 0 spiro atoms. The molecule has 0 aliphatic carbocycles. The summed E-state index contributed by atoms with van der Waals surface area (Å²) in [5.41, 5.74) is 3.30. The van der Waals surface area contributed by atoms with Crippen molar-refractivity contribution < 1.29 is 4.79 Å². The van der Waals surface area contributed by atoms with Crippen molar-refractivity contribution in [3.8, 4) is 5.69 Å². The van der Waals surface area contributed by atoms with E-state index < -0.39 is 0 Å². The molecule has 0 aliphatic heterocycles. The van der Waals surface area contributed by atoms with Gasteiger partial charge in [-0.15, -0.1) is 0 Å². The van der Waals surface area contributed by atoms with Crippen molar-refractivity contribution in [1.29, 1.82) is 0 Å². The van der Waals surface area contributed by atoms with Crippen LogP contribution in [0.4, 0.5) is 0 Å². The molecule has 0 N–H and O–H groups in total. The third kappa shape index (κ3) is 3.07. The SMILES string of the molecule is CN(Cc1cnn(-c2ccccc2)c1)C(=O)c1cccc2cccnc12. The average molecular weight is 342 g/mol. The van der Waals surface area contributed by atoms with Crippen molar-refractivity contribution in [1.82, 2.24) is 19.7 Å². The smallest absolute Gasteiger partial charge is 0.256 e. The molecule has 5 heteroatoms. The summed E-state index contributed by atoms with van der Waals surface area (Å²) in [6.45, 7) is 0.481. The lowest BCUT2D eigenvalue weighted by molar-refractivity contribution is 0.0787. The molecule has 0 atom stereocenters. The zero-order chi connectivity index (χ0) is 17.9. The second-order valence-corrected chi connectivity index (χ2v) is 6.17. The van der Waals surface area contributed by atoms with Gasteiger partial charge in [0.15, 0.2) is 0 Å². The molecule has 4 aromatic rings. The number of benzene rings is 2. The van der Waals surface area contributed by atoms with Gasteiger partial charge in [0.1, 0.15) is 0 Å². The van der Waals surface area contributed by atoms with E-state index in [-0.39, 0.29) is 5.91 Å². The summed E-state index contributed by atoms with van der Waals surface area (Å²) < 4.78 is 1.81. The summed E-state index contributed by atoms with van der Waals surface area (Å²) in [6.07, 6.45) is 5.45. The first kappa shape index (κ1) is 16.0. The van der Waals surface area contributed by atoms with Gasteiger partial charge < -0.3 is 4.90 Å². The molecule has 0 aliphatic rings. The number of hydrogen-bond acceptors (Lipinski definition) is 3. The van der Waals surface area contributed by atoms with Crippen LogP contribution >= 0.6 is 0 Å². The number of nitrogens with zero attached hydrogens (tertiary/aromatic N) is 4. The number of pyridine rings is 1. The Morgan fingerprint density at radius 2 is 1.85 bits per heavy atom. The van der Waals surface area contributed by atoms with Gasteiger partial charge in [-0.3, -0.25) is 9.78 Å². The van der Waals surface area contributed by atoms with E-state index in [4.69, 9.17) is 0 Å². The first-order valence-electron chi connectivity index (χ1n) is 8.40. The van der Waals surface area contributed by atoms with E-state index in [2.05, 4.69) is 10.1 Å². The number of hydrogen-bond donors (Lipinski definition) is 0. The van der Waals surface area contributed by atoms with E-state index >= 15 is 0 Å². The largest absolute Gasteiger partial charge is 0.337 e. The zero-order valence-electron chi connectivity index (χ0n) is 14.4. The first-order valence-corrected chi connectivity index (χ1v) is 8.40. The topological polar surface area (TPSA) is 51.0 Å². The predicted molar refractivity (Wildman–Crippen MR) is 101 cm³/mol. The predicted octanol–water partition coefficient (Wildman–Crippen LogP) is 3.69. The van der Waals surface area contributed by atoms with E-state index in [1.165, 1.54) is 0 Å². The Hall–Kier alpha value is -3.47. The van der Waals surface area contributed by atoms with Gasteiger partial charge in [-0.2, -0.15) is 5.10 Å². The van der Waals surface area contributed by atoms with Crippen LogP contribution in [0.25, 0.3) is 16.6 Å². The average Bonchev–Trinajstić information content (AvgIpc) is 3.16. The van der Waals surface area contributed by atoms with Crippen molar-refractivity contribution in [3.05, 3.63) is 90.4 Å². The minimum Gasteiger partial charge on any atom is -0.337 e.